The van der Waals surface area contributed by atoms with E-state index in [0.29, 0.717) is 11.4 Å². The highest BCUT2D eigenvalue weighted by molar-refractivity contribution is 5.92. The number of azo groups is 1. The lowest BCUT2D eigenvalue weighted by molar-refractivity contribution is 0.471. The number of aryl methyl sites for hydroxylation is 3. The van der Waals surface area contributed by atoms with Crippen LogP contribution >= 0.6 is 0 Å². The molecule has 0 aliphatic heterocycles. The molecule has 4 nitrogen and oxygen atoms in total. The van der Waals surface area contributed by atoms with Gasteiger partial charge < -0.3 is 10.2 Å². The van der Waals surface area contributed by atoms with E-state index in [1.165, 1.54) is 0 Å². The zero-order valence-electron chi connectivity index (χ0n) is 13.3. The maximum Gasteiger partial charge on any atom is 0.150 e. The standard InChI is InChI=1S/C19H18N2O2/c1-11-4-5-14-6-7-16(19(23)15(14)9-11)20-21-17-10-12(2)8-13(3)18(17)22/h4-10,22-23H,1-3H3. The van der Waals surface area contributed by atoms with Crippen molar-refractivity contribution in [3.05, 3.63) is 59.2 Å². The van der Waals surface area contributed by atoms with Crippen molar-refractivity contribution in [2.45, 2.75) is 20.8 Å². The molecule has 23 heavy (non-hydrogen) atoms. The molecule has 0 aliphatic rings. The molecule has 3 aromatic carbocycles. The van der Waals surface area contributed by atoms with E-state index in [4.69, 9.17) is 0 Å². The normalized spacial score (nSPS) is 11.4. The number of phenols is 2. The molecule has 0 fully saturated rings. The summed E-state index contributed by atoms with van der Waals surface area (Å²) in [5, 5.41) is 30.4. The highest BCUT2D eigenvalue weighted by Crippen LogP contribution is 2.37. The van der Waals surface area contributed by atoms with Gasteiger partial charge >= 0.3 is 0 Å². The van der Waals surface area contributed by atoms with Crippen molar-refractivity contribution in [2.75, 3.05) is 0 Å². The monoisotopic (exact) mass is 306 g/mol. The maximum absolute atomic E-state index is 10.4. The van der Waals surface area contributed by atoms with Gasteiger partial charge in [0, 0.05) is 5.39 Å². The fraction of sp³-hybridized carbons (Fsp3) is 0.158. The second-order valence-corrected chi connectivity index (χ2v) is 5.81. The molecule has 0 amide bonds. The van der Waals surface area contributed by atoms with Gasteiger partial charge in [0.15, 0.2) is 5.75 Å². The van der Waals surface area contributed by atoms with Gasteiger partial charge in [0.1, 0.15) is 17.1 Å². The van der Waals surface area contributed by atoms with Crippen molar-refractivity contribution in [2.24, 2.45) is 10.2 Å². The third-order valence-corrected chi connectivity index (χ3v) is 3.82. The van der Waals surface area contributed by atoms with Gasteiger partial charge in [-0.05, 0) is 55.5 Å². The minimum absolute atomic E-state index is 0.0961. The van der Waals surface area contributed by atoms with E-state index in [1.807, 2.05) is 51.1 Å². The van der Waals surface area contributed by atoms with Crippen molar-refractivity contribution in [1.82, 2.24) is 0 Å². The summed E-state index contributed by atoms with van der Waals surface area (Å²) in [6, 6.07) is 13.1. The SMILES string of the molecule is Cc1cc(C)c(O)c(N=Nc2ccc3ccc(C)cc3c2O)c1. The van der Waals surface area contributed by atoms with Gasteiger partial charge in [0.2, 0.25) is 0 Å². The van der Waals surface area contributed by atoms with E-state index in [-0.39, 0.29) is 11.5 Å². The molecule has 0 unspecified atom stereocenters. The van der Waals surface area contributed by atoms with Crippen LogP contribution in [0.5, 0.6) is 11.5 Å². The first-order valence-electron chi connectivity index (χ1n) is 7.40. The molecule has 3 rings (SSSR count). The highest BCUT2D eigenvalue weighted by Gasteiger charge is 2.08. The van der Waals surface area contributed by atoms with Crippen molar-refractivity contribution in [3.63, 3.8) is 0 Å². The van der Waals surface area contributed by atoms with E-state index in [2.05, 4.69) is 10.2 Å². The van der Waals surface area contributed by atoms with E-state index >= 15 is 0 Å². The van der Waals surface area contributed by atoms with Crippen molar-refractivity contribution in [1.29, 1.82) is 0 Å². The van der Waals surface area contributed by atoms with Crippen LogP contribution in [0, 0.1) is 20.8 Å². The van der Waals surface area contributed by atoms with Crippen molar-refractivity contribution < 1.29 is 10.2 Å². The van der Waals surface area contributed by atoms with Crippen LogP contribution in [-0.2, 0) is 0 Å². The minimum Gasteiger partial charge on any atom is -0.505 e. The van der Waals surface area contributed by atoms with E-state index in [9.17, 15) is 10.2 Å². The van der Waals surface area contributed by atoms with Gasteiger partial charge in [0.05, 0.1) is 0 Å². The van der Waals surface area contributed by atoms with E-state index in [0.717, 1.165) is 27.5 Å². The number of fused-ring (bicyclic) bond motifs is 1. The molecular weight excluding hydrogens is 288 g/mol. The lowest BCUT2D eigenvalue weighted by atomic mass is 10.1. The topological polar surface area (TPSA) is 65.2 Å². The van der Waals surface area contributed by atoms with Gasteiger partial charge in [-0.1, -0.05) is 29.8 Å². The third kappa shape index (κ3) is 2.88. The number of aromatic hydroxyl groups is 2. The van der Waals surface area contributed by atoms with Gasteiger partial charge in [0.25, 0.3) is 0 Å². The number of hydrogen-bond acceptors (Lipinski definition) is 4. The molecule has 0 heterocycles. The summed E-state index contributed by atoms with van der Waals surface area (Å²) < 4.78 is 0. The number of benzene rings is 3. The fourth-order valence-corrected chi connectivity index (χ4v) is 2.61. The molecule has 0 bridgehead atoms. The number of nitrogens with zero attached hydrogens (tertiary/aromatic N) is 2. The quantitative estimate of drug-likeness (QED) is 0.606. The molecule has 0 atom stereocenters. The van der Waals surface area contributed by atoms with Crippen LogP contribution in [0.1, 0.15) is 16.7 Å². The molecule has 0 spiro atoms. The fourth-order valence-electron chi connectivity index (χ4n) is 2.61. The zero-order chi connectivity index (χ0) is 16.6. The highest BCUT2D eigenvalue weighted by atomic mass is 16.3. The Morgan fingerprint density at radius 1 is 0.696 bits per heavy atom. The molecule has 116 valence electrons. The zero-order valence-corrected chi connectivity index (χ0v) is 13.3. The first kappa shape index (κ1) is 15.0. The molecule has 0 saturated carbocycles. The number of rotatable bonds is 2. The van der Waals surface area contributed by atoms with Crippen LogP contribution in [0.15, 0.2) is 52.7 Å². The predicted molar refractivity (Wildman–Crippen MR) is 92.1 cm³/mol. The van der Waals surface area contributed by atoms with Gasteiger partial charge in [-0.25, -0.2) is 0 Å². The molecule has 2 N–H and O–H groups in total. The van der Waals surface area contributed by atoms with Crippen LogP contribution in [0.2, 0.25) is 0 Å². The molecule has 4 heteroatoms. The van der Waals surface area contributed by atoms with Crippen LogP contribution in [0.3, 0.4) is 0 Å². The second kappa shape index (κ2) is 5.72. The molecule has 0 aromatic heterocycles. The van der Waals surface area contributed by atoms with Crippen LogP contribution < -0.4 is 0 Å². The summed E-state index contributed by atoms with van der Waals surface area (Å²) >= 11 is 0. The Morgan fingerprint density at radius 2 is 1.39 bits per heavy atom. The average molecular weight is 306 g/mol. The molecule has 0 aliphatic carbocycles. The largest absolute Gasteiger partial charge is 0.505 e. The summed E-state index contributed by atoms with van der Waals surface area (Å²) in [5.74, 6) is 0.203. The Balaban J connectivity index is 2.06. The summed E-state index contributed by atoms with van der Waals surface area (Å²) in [7, 11) is 0. The van der Waals surface area contributed by atoms with E-state index < -0.39 is 0 Å². The first-order valence-corrected chi connectivity index (χ1v) is 7.40. The Bertz CT molecular complexity index is 930. The van der Waals surface area contributed by atoms with Gasteiger partial charge in [-0.3, -0.25) is 0 Å². The molecule has 3 aromatic rings. The van der Waals surface area contributed by atoms with Gasteiger partial charge in [-0.2, -0.15) is 0 Å². The lowest BCUT2D eigenvalue weighted by Gasteiger charge is -2.06. The number of hydrogen-bond donors (Lipinski definition) is 2. The van der Waals surface area contributed by atoms with Crippen molar-refractivity contribution in [3.8, 4) is 11.5 Å². The van der Waals surface area contributed by atoms with Crippen LogP contribution in [-0.4, -0.2) is 10.2 Å². The van der Waals surface area contributed by atoms with Crippen molar-refractivity contribution >= 4 is 22.1 Å². The minimum atomic E-state index is 0.0961. The average Bonchev–Trinajstić information content (AvgIpc) is 2.51. The Labute approximate surface area is 134 Å². The molecule has 0 radical (unpaired) electrons. The first-order chi connectivity index (χ1) is 11.0. The lowest BCUT2D eigenvalue weighted by Crippen LogP contribution is -1.79. The predicted octanol–water partition coefficient (Wildman–Crippen LogP) is 5.59. The van der Waals surface area contributed by atoms with Gasteiger partial charge in [-0.15, -0.1) is 10.2 Å². The molecular formula is C19H18N2O2. The third-order valence-electron chi connectivity index (χ3n) is 3.82. The summed E-state index contributed by atoms with van der Waals surface area (Å²) in [4.78, 5) is 0. The molecule has 0 saturated heterocycles. The maximum atomic E-state index is 10.4. The Hall–Kier alpha value is -2.88. The summed E-state index contributed by atoms with van der Waals surface area (Å²) in [5.41, 5.74) is 3.58. The Morgan fingerprint density at radius 3 is 2.17 bits per heavy atom. The van der Waals surface area contributed by atoms with E-state index in [1.54, 1.807) is 12.1 Å². The van der Waals surface area contributed by atoms with Crippen LogP contribution in [0.4, 0.5) is 11.4 Å². The Kier molecular flexibility index (Phi) is 3.74. The van der Waals surface area contributed by atoms with Crippen LogP contribution in [0.25, 0.3) is 10.8 Å². The number of phenolic OH excluding ortho intramolecular Hbond substituents is 2. The summed E-state index contributed by atoms with van der Waals surface area (Å²) in [6.45, 7) is 5.72. The summed E-state index contributed by atoms with van der Waals surface area (Å²) in [6.07, 6.45) is 0. The second-order valence-electron chi connectivity index (χ2n) is 5.81. The smallest absolute Gasteiger partial charge is 0.150 e.